The van der Waals surface area contributed by atoms with Gasteiger partial charge in [-0.05, 0) is 22.4 Å². The monoisotopic (exact) mass is 307 g/mol. The minimum atomic E-state index is -0.249. The Hall–Kier alpha value is -2.95. The normalized spacial score (nSPS) is 10.4. The Morgan fingerprint density at radius 1 is 1.00 bits per heavy atom. The molecule has 0 amide bonds. The first-order chi connectivity index (χ1) is 11.3. The summed E-state index contributed by atoms with van der Waals surface area (Å²) in [5.41, 5.74) is 1.01. The van der Waals surface area contributed by atoms with Crippen molar-refractivity contribution in [1.82, 2.24) is 9.97 Å². The molecular formula is C18H17N3O2. The Kier molecular flexibility index (Phi) is 4.79. The third-order valence-corrected chi connectivity index (χ3v) is 3.45. The van der Waals surface area contributed by atoms with Crippen molar-refractivity contribution in [2.75, 3.05) is 11.9 Å². The second-order valence-corrected chi connectivity index (χ2v) is 5.05. The molecule has 0 aliphatic carbocycles. The molecule has 0 atom stereocenters. The largest absolute Gasteiger partial charge is 0.461 e. The van der Waals surface area contributed by atoms with Crippen LogP contribution in [0.1, 0.15) is 12.0 Å². The van der Waals surface area contributed by atoms with Crippen LogP contribution in [0.25, 0.3) is 10.8 Å². The molecule has 0 saturated carbocycles. The number of rotatable bonds is 6. The topological polar surface area (TPSA) is 64.1 Å². The molecule has 0 bridgehead atoms. The maximum Gasteiger partial charge on any atom is 0.307 e. The van der Waals surface area contributed by atoms with Gasteiger partial charge >= 0.3 is 5.97 Å². The van der Waals surface area contributed by atoms with Crippen molar-refractivity contribution in [3.63, 3.8) is 0 Å². The summed E-state index contributed by atoms with van der Waals surface area (Å²) in [5.74, 6) is 0.260. The maximum absolute atomic E-state index is 11.8. The molecule has 116 valence electrons. The van der Waals surface area contributed by atoms with Gasteiger partial charge in [0, 0.05) is 18.9 Å². The Bertz CT molecular complexity index is 785. The van der Waals surface area contributed by atoms with Crippen molar-refractivity contribution >= 4 is 22.7 Å². The highest BCUT2D eigenvalue weighted by Crippen LogP contribution is 2.19. The molecule has 1 aromatic heterocycles. The summed E-state index contributed by atoms with van der Waals surface area (Å²) in [6.45, 7) is 0.723. The average Bonchev–Trinajstić information content (AvgIpc) is 2.61. The van der Waals surface area contributed by atoms with E-state index in [1.54, 1.807) is 18.5 Å². The molecule has 0 aliphatic heterocycles. The molecule has 1 heterocycles. The summed E-state index contributed by atoms with van der Waals surface area (Å²) in [6.07, 6.45) is 3.56. The lowest BCUT2D eigenvalue weighted by molar-refractivity contribution is -0.144. The van der Waals surface area contributed by atoms with Crippen LogP contribution >= 0.6 is 0 Å². The summed E-state index contributed by atoms with van der Waals surface area (Å²) in [5, 5.41) is 5.23. The zero-order valence-electron chi connectivity index (χ0n) is 12.6. The van der Waals surface area contributed by atoms with Crippen molar-refractivity contribution in [3.05, 3.63) is 66.5 Å². The van der Waals surface area contributed by atoms with Crippen molar-refractivity contribution in [2.24, 2.45) is 0 Å². The second-order valence-electron chi connectivity index (χ2n) is 5.05. The van der Waals surface area contributed by atoms with Crippen LogP contribution < -0.4 is 5.32 Å². The highest BCUT2D eigenvalue weighted by atomic mass is 16.5. The molecule has 1 N–H and O–H groups in total. The molecule has 3 rings (SSSR count). The second kappa shape index (κ2) is 7.35. The number of carbonyl (C=O) groups excluding carboxylic acids is 1. The molecule has 0 aliphatic rings. The number of ether oxygens (including phenoxy) is 1. The van der Waals surface area contributed by atoms with Gasteiger partial charge in [-0.3, -0.25) is 4.79 Å². The molecule has 0 saturated heterocycles. The first kappa shape index (κ1) is 15.0. The van der Waals surface area contributed by atoms with Gasteiger partial charge in [0.2, 0.25) is 5.95 Å². The zero-order valence-corrected chi connectivity index (χ0v) is 12.6. The van der Waals surface area contributed by atoms with Gasteiger partial charge in [-0.2, -0.15) is 0 Å². The standard InChI is InChI=1S/C18H17N3O2/c22-17(9-12-21-18-19-10-4-11-20-18)23-13-15-7-3-6-14-5-1-2-8-16(14)15/h1-8,10-11H,9,12-13H2,(H,19,20,21). The Morgan fingerprint density at radius 2 is 1.78 bits per heavy atom. The predicted molar refractivity (Wildman–Crippen MR) is 88.9 cm³/mol. The quantitative estimate of drug-likeness (QED) is 0.709. The number of nitrogens with zero attached hydrogens (tertiary/aromatic N) is 2. The Balaban J connectivity index is 1.50. The van der Waals surface area contributed by atoms with E-state index in [2.05, 4.69) is 15.3 Å². The van der Waals surface area contributed by atoms with E-state index < -0.39 is 0 Å². The summed E-state index contributed by atoms with van der Waals surface area (Å²) >= 11 is 0. The van der Waals surface area contributed by atoms with E-state index in [9.17, 15) is 4.79 Å². The summed E-state index contributed by atoms with van der Waals surface area (Å²) in [7, 11) is 0. The van der Waals surface area contributed by atoms with E-state index in [-0.39, 0.29) is 19.0 Å². The number of benzene rings is 2. The van der Waals surface area contributed by atoms with Crippen LogP contribution in [-0.4, -0.2) is 22.5 Å². The number of anilines is 1. The lowest BCUT2D eigenvalue weighted by atomic mass is 10.1. The smallest absolute Gasteiger partial charge is 0.307 e. The molecule has 0 spiro atoms. The Labute approximate surface area is 134 Å². The molecule has 0 fully saturated rings. The molecule has 5 heteroatoms. The third kappa shape index (κ3) is 4.03. The molecular weight excluding hydrogens is 290 g/mol. The average molecular weight is 307 g/mol. The maximum atomic E-state index is 11.8. The highest BCUT2D eigenvalue weighted by molar-refractivity contribution is 5.85. The van der Waals surface area contributed by atoms with Crippen LogP contribution in [0, 0.1) is 0 Å². The number of nitrogens with one attached hydrogen (secondary N) is 1. The van der Waals surface area contributed by atoms with E-state index in [1.165, 1.54) is 0 Å². The number of hydrogen-bond donors (Lipinski definition) is 1. The molecule has 0 radical (unpaired) electrons. The van der Waals surface area contributed by atoms with E-state index in [1.807, 2.05) is 42.5 Å². The van der Waals surface area contributed by atoms with Crippen LogP contribution in [-0.2, 0) is 16.1 Å². The predicted octanol–water partition coefficient (Wildman–Crippen LogP) is 3.18. The van der Waals surface area contributed by atoms with Gasteiger partial charge < -0.3 is 10.1 Å². The van der Waals surface area contributed by atoms with Gasteiger partial charge in [-0.15, -0.1) is 0 Å². The number of carbonyl (C=O) groups is 1. The van der Waals surface area contributed by atoms with E-state index in [4.69, 9.17) is 4.74 Å². The molecule has 0 unspecified atom stereocenters. The number of esters is 1. The van der Waals surface area contributed by atoms with Gasteiger partial charge in [0.1, 0.15) is 6.61 Å². The number of hydrogen-bond acceptors (Lipinski definition) is 5. The van der Waals surface area contributed by atoms with E-state index in [0.717, 1.165) is 16.3 Å². The van der Waals surface area contributed by atoms with Crippen LogP contribution in [0.4, 0.5) is 5.95 Å². The lowest BCUT2D eigenvalue weighted by Gasteiger charge is -2.08. The van der Waals surface area contributed by atoms with Gasteiger partial charge in [-0.1, -0.05) is 42.5 Å². The zero-order chi connectivity index (χ0) is 15.9. The molecule has 2 aromatic carbocycles. The van der Waals surface area contributed by atoms with Gasteiger partial charge in [0.15, 0.2) is 0 Å². The number of aromatic nitrogens is 2. The van der Waals surface area contributed by atoms with Crippen molar-refractivity contribution in [1.29, 1.82) is 0 Å². The first-order valence-electron chi connectivity index (χ1n) is 7.46. The van der Waals surface area contributed by atoms with Crippen molar-refractivity contribution < 1.29 is 9.53 Å². The molecule has 5 nitrogen and oxygen atoms in total. The van der Waals surface area contributed by atoms with Crippen LogP contribution in [0.15, 0.2) is 60.9 Å². The van der Waals surface area contributed by atoms with Crippen molar-refractivity contribution in [3.8, 4) is 0 Å². The lowest BCUT2D eigenvalue weighted by Crippen LogP contribution is -2.12. The minimum Gasteiger partial charge on any atom is -0.461 e. The van der Waals surface area contributed by atoms with Gasteiger partial charge in [-0.25, -0.2) is 9.97 Å². The van der Waals surface area contributed by atoms with E-state index in [0.29, 0.717) is 12.5 Å². The van der Waals surface area contributed by atoms with E-state index >= 15 is 0 Å². The molecule has 23 heavy (non-hydrogen) atoms. The Morgan fingerprint density at radius 3 is 2.65 bits per heavy atom. The van der Waals surface area contributed by atoms with Gasteiger partial charge in [0.25, 0.3) is 0 Å². The fourth-order valence-corrected chi connectivity index (χ4v) is 2.32. The summed E-state index contributed by atoms with van der Waals surface area (Å²) in [4.78, 5) is 19.9. The van der Waals surface area contributed by atoms with Gasteiger partial charge in [0.05, 0.1) is 6.42 Å². The van der Waals surface area contributed by atoms with Crippen molar-refractivity contribution in [2.45, 2.75) is 13.0 Å². The van der Waals surface area contributed by atoms with Crippen LogP contribution in [0.2, 0.25) is 0 Å². The fraction of sp³-hybridized carbons (Fsp3) is 0.167. The first-order valence-corrected chi connectivity index (χ1v) is 7.46. The fourth-order valence-electron chi connectivity index (χ4n) is 2.32. The third-order valence-electron chi connectivity index (χ3n) is 3.45. The van der Waals surface area contributed by atoms with Crippen LogP contribution in [0.3, 0.4) is 0 Å². The summed E-state index contributed by atoms with van der Waals surface area (Å²) in [6, 6.07) is 15.8. The minimum absolute atomic E-state index is 0.249. The molecule has 3 aromatic rings. The SMILES string of the molecule is O=C(CCNc1ncccn1)OCc1cccc2ccccc12. The van der Waals surface area contributed by atoms with Crippen LogP contribution in [0.5, 0.6) is 0 Å². The summed E-state index contributed by atoms with van der Waals surface area (Å²) < 4.78 is 5.35. The number of fused-ring (bicyclic) bond motifs is 1. The highest BCUT2D eigenvalue weighted by Gasteiger charge is 2.06.